The lowest BCUT2D eigenvalue weighted by Crippen LogP contribution is -2.45. The van der Waals surface area contributed by atoms with Gasteiger partial charge < -0.3 is 10.4 Å². The molecule has 1 heterocycles. The third kappa shape index (κ3) is 5.62. The highest BCUT2D eigenvalue weighted by molar-refractivity contribution is 5.85. The molecule has 6 heteroatoms. The Morgan fingerprint density at radius 1 is 1.29 bits per heavy atom. The molecule has 1 aromatic rings. The average Bonchev–Trinajstić information content (AvgIpc) is 2.44. The van der Waals surface area contributed by atoms with Crippen LogP contribution in [0.15, 0.2) is 18.2 Å². The molecule has 1 fully saturated rings. The van der Waals surface area contributed by atoms with Crippen molar-refractivity contribution in [1.82, 2.24) is 10.2 Å². The second-order valence-electron chi connectivity index (χ2n) is 5.15. The molecule has 1 aromatic carbocycles. The van der Waals surface area contributed by atoms with E-state index in [2.05, 4.69) is 17.1 Å². The van der Waals surface area contributed by atoms with Gasteiger partial charge in [0.25, 0.3) is 0 Å². The first kappa shape index (κ1) is 20.5. The topological polar surface area (TPSA) is 35.5 Å². The van der Waals surface area contributed by atoms with E-state index in [9.17, 15) is 9.50 Å². The summed E-state index contributed by atoms with van der Waals surface area (Å²) < 4.78 is 13.5. The van der Waals surface area contributed by atoms with Crippen LogP contribution in [0.4, 0.5) is 4.39 Å². The number of piperazine rings is 1. The maximum Gasteiger partial charge on any atom is 0.165 e. The highest BCUT2D eigenvalue weighted by Crippen LogP contribution is 2.29. The van der Waals surface area contributed by atoms with Gasteiger partial charge in [0.1, 0.15) is 0 Å². The first-order valence-corrected chi connectivity index (χ1v) is 7.15. The Morgan fingerprint density at radius 2 is 1.95 bits per heavy atom. The van der Waals surface area contributed by atoms with E-state index in [-0.39, 0.29) is 36.6 Å². The molecule has 0 radical (unpaired) electrons. The zero-order valence-electron chi connectivity index (χ0n) is 12.3. The summed E-state index contributed by atoms with van der Waals surface area (Å²) >= 11 is 0. The van der Waals surface area contributed by atoms with Crippen LogP contribution in [0.1, 0.15) is 37.8 Å². The molecule has 0 bridgehead atoms. The smallest absolute Gasteiger partial charge is 0.165 e. The van der Waals surface area contributed by atoms with Crippen molar-refractivity contribution in [3.8, 4) is 5.75 Å². The van der Waals surface area contributed by atoms with Crippen LogP contribution in [0.3, 0.4) is 0 Å². The number of aromatic hydroxyl groups is 1. The molecule has 1 saturated heterocycles. The van der Waals surface area contributed by atoms with Gasteiger partial charge in [-0.25, -0.2) is 4.39 Å². The highest BCUT2D eigenvalue weighted by atomic mass is 35.5. The molecule has 2 rings (SSSR count). The summed E-state index contributed by atoms with van der Waals surface area (Å²) in [6.45, 7) is 6.15. The molecule has 122 valence electrons. The van der Waals surface area contributed by atoms with E-state index in [0.717, 1.165) is 51.0 Å². The van der Waals surface area contributed by atoms with Crippen LogP contribution in [0.2, 0.25) is 0 Å². The molecule has 3 nitrogen and oxygen atoms in total. The summed E-state index contributed by atoms with van der Waals surface area (Å²) in [6, 6.07) is 5.06. The zero-order valence-corrected chi connectivity index (χ0v) is 14.0. The van der Waals surface area contributed by atoms with E-state index in [4.69, 9.17) is 0 Å². The molecule has 1 aliphatic heterocycles. The predicted octanol–water partition coefficient (Wildman–Crippen LogP) is 3.51. The van der Waals surface area contributed by atoms with Gasteiger partial charge in [-0.05, 0) is 24.1 Å². The number of rotatable bonds is 5. The van der Waals surface area contributed by atoms with Crippen LogP contribution >= 0.6 is 24.8 Å². The number of benzene rings is 1. The Balaban J connectivity index is 0.00000200. The SMILES string of the molecule is CCCC[C@@H](c1ccc(O)c(F)c1)N1CCNCC1.Cl.Cl. The summed E-state index contributed by atoms with van der Waals surface area (Å²) in [7, 11) is 0. The van der Waals surface area contributed by atoms with Crippen molar-refractivity contribution in [2.75, 3.05) is 26.2 Å². The van der Waals surface area contributed by atoms with Gasteiger partial charge in [0, 0.05) is 32.2 Å². The molecular formula is C15H25Cl2FN2O. The van der Waals surface area contributed by atoms with Gasteiger partial charge in [-0.1, -0.05) is 25.8 Å². The minimum atomic E-state index is -0.519. The van der Waals surface area contributed by atoms with Gasteiger partial charge in [-0.15, -0.1) is 24.8 Å². The van der Waals surface area contributed by atoms with Gasteiger partial charge in [0.15, 0.2) is 11.6 Å². The van der Waals surface area contributed by atoms with E-state index in [0.29, 0.717) is 0 Å². The van der Waals surface area contributed by atoms with Crippen LogP contribution in [-0.4, -0.2) is 36.2 Å². The standard InChI is InChI=1S/C15H23FN2O.2ClH/c1-2-3-4-14(18-9-7-17-8-10-18)12-5-6-15(19)13(16)11-12;;/h5-6,11,14,17,19H,2-4,7-10H2,1H3;2*1H/t14-;;/m0../s1. The molecule has 0 aliphatic carbocycles. The number of phenolic OH excluding ortho intramolecular Hbond substituents is 1. The van der Waals surface area contributed by atoms with Crippen molar-refractivity contribution in [2.24, 2.45) is 0 Å². The molecular weight excluding hydrogens is 314 g/mol. The van der Waals surface area contributed by atoms with Crippen molar-refractivity contribution < 1.29 is 9.50 Å². The predicted molar refractivity (Wildman–Crippen MR) is 89.3 cm³/mol. The second kappa shape index (κ2) is 10.2. The maximum absolute atomic E-state index is 13.5. The van der Waals surface area contributed by atoms with Crippen LogP contribution in [0.5, 0.6) is 5.75 Å². The fraction of sp³-hybridized carbons (Fsp3) is 0.600. The van der Waals surface area contributed by atoms with Crippen molar-refractivity contribution in [1.29, 1.82) is 0 Å². The average molecular weight is 339 g/mol. The summed E-state index contributed by atoms with van der Waals surface area (Å²) in [5.74, 6) is -0.785. The fourth-order valence-electron chi connectivity index (χ4n) is 2.68. The Labute approximate surface area is 138 Å². The molecule has 1 atom stereocenters. The summed E-state index contributed by atoms with van der Waals surface area (Å²) in [5, 5.41) is 12.7. The fourth-order valence-corrected chi connectivity index (χ4v) is 2.68. The molecule has 0 unspecified atom stereocenters. The number of hydrogen-bond donors (Lipinski definition) is 2. The number of phenols is 1. The third-order valence-electron chi connectivity index (χ3n) is 3.78. The van der Waals surface area contributed by atoms with Crippen molar-refractivity contribution in [3.63, 3.8) is 0 Å². The quantitative estimate of drug-likeness (QED) is 0.862. The molecule has 0 amide bonds. The number of unbranched alkanes of at least 4 members (excludes halogenated alkanes) is 1. The van der Waals surface area contributed by atoms with E-state index in [1.165, 1.54) is 12.1 Å². The molecule has 0 saturated carbocycles. The lowest BCUT2D eigenvalue weighted by atomic mass is 9.98. The number of nitrogens with one attached hydrogen (secondary N) is 1. The minimum Gasteiger partial charge on any atom is -0.505 e. The normalized spacial score (nSPS) is 16.7. The Kier molecular flexibility index (Phi) is 9.95. The summed E-state index contributed by atoms with van der Waals surface area (Å²) in [5.41, 5.74) is 0.977. The highest BCUT2D eigenvalue weighted by Gasteiger charge is 2.22. The third-order valence-corrected chi connectivity index (χ3v) is 3.78. The maximum atomic E-state index is 13.5. The largest absolute Gasteiger partial charge is 0.505 e. The van der Waals surface area contributed by atoms with Gasteiger partial charge in [0.2, 0.25) is 0 Å². The van der Waals surface area contributed by atoms with Crippen molar-refractivity contribution in [3.05, 3.63) is 29.6 Å². The summed E-state index contributed by atoms with van der Waals surface area (Å²) in [6.07, 6.45) is 3.32. The molecule has 0 aromatic heterocycles. The Hall–Kier alpha value is -0.550. The van der Waals surface area contributed by atoms with Gasteiger partial charge in [0.05, 0.1) is 0 Å². The Bertz CT molecular complexity index is 415. The number of hydrogen-bond acceptors (Lipinski definition) is 3. The first-order valence-electron chi connectivity index (χ1n) is 7.15. The van der Waals surface area contributed by atoms with Crippen LogP contribution in [-0.2, 0) is 0 Å². The van der Waals surface area contributed by atoms with Gasteiger partial charge >= 0.3 is 0 Å². The summed E-state index contributed by atoms with van der Waals surface area (Å²) in [4.78, 5) is 2.41. The molecule has 0 spiro atoms. The van der Waals surface area contributed by atoms with Crippen LogP contribution in [0, 0.1) is 5.82 Å². The van der Waals surface area contributed by atoms with Gasteiger partial charge in [-0.2, -0.15) is 0 Å². The Morgan fingerprint density at radius 3 is 2.52 bits per heavy atom. The molecule has 21 heavy (non-hydrogen) atoms. The lowest BCUT2D eigenvalue weighted by molar-refractivity contribution is 0.163. The second-order valence-corrected chi connectivity index (χ2v) is 5.15. The van der Waals surface area contributed by atoms with E-state index in [1.54, 1.807) is 0 Å². The molecule has 1 aliphatic rings. The monoisotopic (exact) mass is 338 g/mol. The first-order chi connectivity index (χ1) is 9.22. The van der Waals surface area contributed by atoms with E-state index < -0.39 is 5.82 Å². The van der Waals surface area contributed by atoms with E-state index in [1.807, 2.05) is 6.07 Å². The van der Waals surface area contributed by atoms with Gasteiger partial charge in [-0.3, -0.25) is 4.90 Å². The van der Waals surface area contributed by atoms with Crippen molar-refractivity contribution >= 4 is 24.8 Å². The van der Waals surface area contributed by atoms with E-state index >= 15 is 0 Å². The van der Waals surface area contributed by atoms with Crippen molar-refractivity contribution in [2.45, 2.75) is 32.2 Å². The number of nitrogens with zero attached hydrogens (tertiary/aromatic N) is 1. The number of halogens is 3. The lowest BCUT2D eigenvalue weighted by Gasteiger charge is -2.35. The van der Waals surface area contributed by atoms with Crippen LogP contribution in [0.25, 0.3) is 0 Å². The van der Waals surface area contributed by atoms with Crippen LogP contribution < -0.4 is 5.32 Å². The molecule has 2 N–H and O–H groups in total. The minimum absolute atomic E-state index is 0. The zero-order chi connectivity index (χ0) is 13.7.